The summed E-state index contributed by atoms with van der Waals surface area (Å²) in [5.74, 6) is 0. The summed E-state index contributed by atoms with van der Waals surface area (Å²) in [5, 5.41) is 0. The van der Waals surface area contributed by atoms with Gasteiger partial charge in [-0.3, -0.25) is 12.2 Å². The molecule has 0 nitrogen and oxygen atoms in total. The zero-order valence-electron chi connectivity index (χ0n) is 14.2. The normalized spacial score (nSPS) is 14.2. The molecule has 0 fully saturated rings. The van der Waals surface area contributed by atoms with Gasteiger partial charge in [-0.1, -0.05) is 27.7 Å². The molecule has 114 valence electrons. The Morgan fingerprint density at radius 2 is 1.05 bits per heavy atom. The molecule has 0 unspecified atom stereocenters. The standard InChI is InChI=1S/2C7H9.2C2H5.H2Si.Zr/c2*1-6-3-4-7(2)5-6;2*1-2;;/h2*5H,3H2,1-2H3;2*1H2,2H3;1H2;/q4*-1;;. The maximum absolute atomic E-state index is 3.25. The van der Waals surface area contributed by atoms with Crippen LogP contribution in [-0.4, -0.2) is 6.88 Å². The topological polar surface area (TPSA) is 0 Å². The molecular weight excluding hydrogens is 336 g/mol. The van der Waals surface area contributed by atoms with Crippen LogP contribution in [0.4, 0.5) is 0 Å². The summed E-state index contributed by atoms with van der Waals surface area (Å²) in [7, 11) is 0. The molecule has 0 N–H and O–H groups in total. The monoisotopic (exact) mass is 364 g/mol. The number of hydrogen-bond acceptors (Lipinski definition) is 0. The molecule has 20 heavy (non-hydrogen) atoms. The minimum atomic E-state index is 1.05. The van der Waals surface area contributed by atoms with Crippen LogP contribution in [0.3, 0.4) is 0 Å². The van der Waals surface area contributed by atoms with E-state index in [1.807, 2.05) is 6.88 Å². The Morgan fingerprint density at radius 3 is 1.10 bits per heavy atom. The van der Waals surface area contributed by atoms with Gasteiger partial charge in [0.05, 0.1) is 0 Å². The molecule has 0 aromatic carbocycles. The summed E-state index contributed by atoms with van der Waals surface area (Å²) in [4.78, 5) is 0. The molecular formula is C18H30SiZr-4. The second-order valence-corrected chi connectivity index (χ2v) is 4.05. The van der Waals surface area contributed by atoms with E-state index in [0.29, 0.717) is 0 Å². The molecule has 0 radical (unpaired) electrons. The molecule has 0 aliphatic heterocycles. The summed E-state index contributed by atoms with van der Waals surface area (Å²) in [5.41, 5.74) is 5.44. The third kappa shape index (κ3) is 16.1. The molecule has 0 spiro atoms. The predicted molar refractivity (Wildman–Crippen MR) is 92.2 cm³/mol. The maximum atomic E-state index is 3.25. The average molecular weight is 366 g/mol. The Morgan fingerprint density at radius 1 is 0.800 bits per heavy atom. The van der Waals surface area contributed by atoms with E-state index in [-0.39, 0.29) is 0 Å². The third-order valence-corrected chi connectivity index (χ3v) is 2.22. The molecule has 0 saturated carbocycles. The Kier molecular flexibility index (Phi) is 23.9. The molecule has 0 heterocycles. The van der Waals surface area contributed by atoms with Crippen molar-refractivity contribution < 1.29 is 23.3 Å². The fraction of sp³-hybridized carbons (Fsp3) is 0.444. The summed E-state index contributed by atoms with van der Waals surface area (Å²) < 4.78 is 0. The van der Waals surface area contributed by atoms with Gasteiger partial charge in [0.1, 0.15) is 0 Å². The molecule has 2 heteroatoms. The summed E-state index contributed by atoms with van der Waals surface area (Å²) >= 11 is 1.58. The van der Waals surface area contributed by atoms with Crippen molar-refractivity contribution >= 4 is 6.88 Å². The van der Waals surface area contributed by atoms with Crippen LogP contribution in [0.1, 0.15) is 54.4 Å². The molecule has 0 aromatic heterocycles. The second-order valence-electron chi connectivity index (χ2n) is 4.05. The first kappa shape index (κ1) is 25.0. The predicted octanol–water partition coefficient (Wildman–Crippen LogP) is 4.93. The van der Waals surface area contributed by atoms with E-state index < -0.39 is 0 Å². The van der Waals surface area contributed by atoms with Crippen LogP contribution in [0.5, 0.6) is 0 Å². The molecule has 2 aliphatic rings. The van der Waals surface area contributed by atoms with E-state index in [0.717, 1.165) is 12.8 Å². The Balaban J connectivity index is -0.000000211. The van der Waals surface area contributed by atoms with Crippen molar-refractivity contribution in [3.8, 4) is 0 Å². The van der Waals surface area contributed by atoms with Gasteiger partial charge in [-0.25, -0.2) is 23.3 Å². The number of rotatable bonds is 0. The van der Waals surface area contributed by atoms with Gasteiger partial charge in [0.2, 0.25) is 0 Å². The SMILES string of the molecule is CC1=[C-]CC(C)=C1.CC1=[C-]CC(C)=C1.[CH2-]C.[CH2-]C.[SiH2]=[Zr]. The minimum absolute atomic E-state index is 1.05. The molecule has 2 aliphatic carbocycles. The number of allylic oxidation sites excluding steroid dienone is 8. The molecule has 0 saturated heterocycles. The third-order valence-electron chi connectivity index (χ3n) is 2.22. The zero-order valence-corrected chi connectivity index (χ0v) is 18.1. The van der Waals surface area contributed by atoms with Gasteiger partial charge in [0.15, 0.2) is 0 Å². The molecule has 0 aromatic rings. The van der Waals surface area contributed by atoms with Crippen LogP contribution in [0.25, 0.3) is 0 Å². The Hall–Kier alpha value is 0.0600. The van der Waals surface area contributed by atoms with Gasteiger partial charge in [-0.2, -0.15) is 25.0 Å². The van der Waals surface area contributed by atoms with Crippen LogP contribution in [0, 0.1) is 26.0 Å². The fourth-order valence-electron chi connectivity index (χ4n) is 1.50. The van der Waals surface area contributed by atoms with Gasteiger partial charge in [0.25, 0.3) is 0 Å². The molecule has 0 amide bonds. The average Bonchev–Trinajstić information content (AvgIpc) is 3.05. The van der Waals surface area contributed by atoms with E-state index in [4.69, 9.17) is 0 Å². The zero-order chi connectivity index (χ0) is 16.6. The molecule has 0 bridgehead atoms. The van der Waals surface area contributed by atoms with Gasteiger partial charge in [-0.05, 0) is 0 Å². The van der Waals surface area contributed by atoms with Crippen molar-refractivity contribution in [1.29, 1.82) is 0 Å². The summed E-state index contributed by atoms with van der Waals surface area (Å²) in [6.07, 6.45) is 12.8. The van der Waals surface area contributed by atoms with Crippen LogP contribution >= 0.6 is 0 Å². The first-order valence-corrected chi connectivity index (χ1v) is 12.8. The quantitative estimate of drug-likeness (QED) is 0.421. The van der Waals surface area contributed by atoms with Crippen LogP contribution < -0.4 is 0 Å². The van der Waals surface area contributed by atoms with Crippen molar-refractivity contribution in [2.24, 2.45) is 0 Å². The van der Waals surface area contributed by atoms with Crippen LogP contribution in [-0.2, 0) is 23.3 Å². The van der Waals surface area contributed by atoms with Gasteiger partial charge in [0, 0.05) is 0 Å². The second kappa shape index (κ2) is 19.1. The first-order chi connectivity index (χ1) is 9.58. The molecule has 2 rings (SSSR count). The Bertz CT molecular complexity index is 312. The number of hydrogen-bond donors (Lipinski definition) is 0. The van der Waals surface area contributed by atoms with E-state index >= 15 is 0 Å². The van der Waals surface area contributed by atoms with Crippen molar-refractivity contribution in [3.05, 3.63) is 60.4 Å². The van der Waals surface area contributed by atoms with E-state index in [9.17, 15) is 0 Å². The van der Waals surface area contributed by atoms with Crippen molar-refractivity contribution in [2.75, 3.05) is 0 Å². The van der Waals surface area contributed by atoms with Gasteiger partial charge >= 0.3 is 30.2 Å². The summed E-state index contributed by atoms with van der Waals surface area (Å²) in [6, 6.07) is 0. The van der Waals surface area contributed by atoms with Crippen molar-refractivity contribution in [3.63, 3.8) is 0 Å². The van der Waals surface area contributed by atoms with Gasteiger partial charge < -0.3 is 13.8 Å². The summed E-state index contributed by atoms with van der Waals surface area (Å²) in [6.45, 7) is 20.4. The van der Waals surface area contributed by atoms with Gasteiger partial charge in [-0.15, -0.1) is 12.8 Å². The van der Waals surface area contributed by atoms with Crippen molar-refractivity contribution in [1.82, 2.24) is 0 Å². The Labute approximate surface area is 144 Å². The first-order valence-electron chi connectivity index (χ1n) is 6.84. The van der Waals surface area contributed by atoms with Crippen LogP contribution in [0.2, 0.25) is 0 Å². The van der Waals surface area contributed by atoms with E-state index in [1.165, 1.54) is 22.3 Å². The van der Waals surface area contributed by atoms with Crippen molar-refractivity contribution in [2.45, 2.75) is 54.4 Å². The molecule has 0 atom stereocenters. The fourth-order valence-corrected chi connectivity index (χ4v) is 1.50. The van der Waals surface area contributed by atoms with E-state index in [2.05, 4.69) is 65.8 Å². The van der Waals surface area contributed by atoms with Crippen LogP contribution in [0.15, 0.2) is 34.4 Å². The van der Waals surface area contributed by atoms with E-state index in [1.54, 1.807) is 37.2 Å².